The fourth-order valence-electron chi connectivity index (χ4n) is 2.11. The predicted molar refractivity (Wildman–Crippen MR) is 93.5 cm³/mol. The second-order valence-electron chi connectivity index (χ2n) is 4.70. The SMILES string of the molecule is COc1ccccc1-c1csc(NC(=O)c2cccc(Cl)c2)n1. The zero-order valence-corrected chi connectivity index (χ0v) is 13.8. The first kappa shape index (κ1) is 15.5. The van der Waals surface area contributed by atoms with E-state index >= 15 is 0 Å². The molecule has 1 amide bonds. The highest BCUT2D eigenvalue weighted by Crippen LogP contribution is 2.32. The van der Waals surface area contributed by atoms with Gasteiger partial charge in [-0.15, -0.1) is 11.3 Å². The van der Waals surface area contributed by atoms with Crippen LogP contribution < -0.4 is 10.1 Å². The standard InChI is InChI=1S/C17H13ClN2O2S/c1-22-15-8-3-2-7-13(15)14-10-23-17(19-14)20-16(21)11-5-4-6-12(18)9-11/h2-10H,1H3,(H,19,20,21). The van der Waals surface area contributed by atoms with E-state index in [-0.39, 0.29) is 5.91 Å². The van der Waals surface area contributed by atoms with E-state index in [0.29, 0.717) is 15.7 Å². The first-order valence-corrected chi connectivity index (χ1v) is 8.09. The van der Waals surface area contributed by atoms with Gasteiger partial charge >= 0.3 is 0 Å². The van der Waals surface area contributed by atoms with Crippen LogP contribution in [0.25, 0.3) is 11.3 Å². The van der Waals surface area contributed by atoms with Gasteiger partial charge in [-0.2, -0.15) is 0 Å². The van der Waals surface area contributed by atoms with Crippen LogP contribution in [0, 0.1) is 0 Å². The molecule has 0 saturated heterocycles. The molecule has 23 heavy (non-hydrogen) atoms. The molecule has 1 aromatic heterocycles. The van der Waals surface area contributed by atoms with E-state index in [4.69, 9.17) is 16.3 Å². The summed E-state index contributed by atoms with van der Waals surface area (Å²) in [6.45, 7) is 0. The topological polar surface area (TPSA) is 51.2 Å². The van der Waals surface area contributed by atoms with Crippen LogP contribution in [0.5, 0.6) is 5.75 Å². The van der Waals surface area contributed by atoms with Crippen LogP contribution >= 0.6 is 22.9 Å². The van der Waals surface area contributed by atoms with Gasteiger partial charge in [0.15, 0.2) is 5.13 Å². The number of anilines is 1. The summed E-state index contributed by atoms with van der Waals surface area (Å²) in [4.78, 5) is 16.7. The van der Waals surface area contributed by atoms with Gasteiger partial charge in [-0.1, -0.05) is 29.8 Å². The number of carbonyl (C=O) groups excluding carboxylic acids is 1. The summed E-state index contributed by atoms with van der Waals surface area (Å²) in [6, 6.07) is 14.4. The van der Waals surface area contributed by atoms with E-state index in [1.165, 1.54) is 11.3 Å². The maximum absolute atomic E-state index is 12.2. The van der Waals surface area contributed by atoms with Gasteiger partial charge in [-0.3, -0.25) is 10.1 Å². The normalized spacial score (nSPS) is 10.3. The predicted octanol–water partition coefficient (Wildman–Crippen LogP) is 4.72. The summed E-state index contributed by atoms with van der Waals surface area (Å²) >= 11 is 7.26. The van der Waals surface area contributed by atoms with E-state index in [1.807, 2.05) is 29.6 Å². The van der Waals surface area contributed by atoms with Gasteiger partial charge in [-0.25, -0.2) is 4.98 Å². The summed E-state index contributed by atoms with van der Waals surface area (Å²) in [7, 11) is 1.62. The molecule has 0 fully saturated rings. The molecule has 0 bridgehead atoms. The number of halogens is 1. The number of thiazole rings is 1. The van der Waals surface area contributed by atoms with Crippen molar-refractivity contribution < 1.29 is 9.53 Å². The third kappa shape index (κ3) is 3.52. The molecule has 6 heteroatoms. The third-order valence-electron chi connectivity index (χ3n) is 3.19. The number of carbonyl (C=O) groups is 1. The van der Waals surface area contributed by atoms with Crippen LogP contribution in [0.4, 0.5) is 5.13 Å². The van der Waals surface area contributed by atoms with Crippen LogP contribution in [-0.2, 0) is 0 Å². The summed E-state index contributed by atoms with van der Waals surface area (Å²) in [6.07, 6.45) is 0. The van der Waals surface area contributed by atoms with Gasteiger partial charge in [0.25, 0.3) is 5.91 Å². The first-order chi connectivity index (χ1) is 11.2. The van der Waals surface area contributed by atoms with E-state index in [2.05, 4.69) is 10.3 Å². The average molecular weight is 345 g/mol. The Hall–Kier alpha value is -2.37. The Morgan fingerprint density at radius 3 is 2.83 bits per heavy atom. The molecular formula is C17H13ClN2O2S. The second-order valence-corrected chi connectivity index (χ2v) is 6.00. The van der Waals surface area contributed by atoms with Crippen molar-refractivity contribution in [2.24, 2.45) is 0 Å². The van der Waals surface area contributed by atoms with Crippen LogP contribution in [0.1, 0.15) is 10.4 Å². The number of methoxy groups -OCH3 is 1. The quantitative estimate of drug-likeness (QED) is 0.744. The number of para-hydroxylation sites is 1. The average Bonchev–Trinajstić information content (AvgIpc) is 3.03. The zero-order valence-electron chi connectivity index (χ0n) is 12.2. The van der Waals surface area contributed by atoms with Crippen molar-refractivity contribution in [2.45, 2.75) is 0 Å². The van der Waals surface area contributed by atoms with Crippen molar-refractivity contribution in [3.8, 4) is 17.0 Å². The number of hydrogen-bond acceptors (Lipinski definition) is 4. The van der Waals surface area contributed by atoms with Crippen molar-refractivity contribution >= 4 is 34.0 Å². The summed E-state index contributed by atoms with van der Waals surface area (Å²) in [5.74, 6) is 0.499. The molecule has 3 aromatic rings. The molecule has 4 nitrogen and oxygen atoms in total. The first-order valence-electron chi connectivity index (χ1n) is 6.83. The summed E-state index contributed by atoms with van der Waals surface area (Å²) in [5.41, 5.74) is 2.13. The lowest BCUT2D eigenvalue weighted by atomic mass is 10.1. The van der Waals surface area contributed by atoms with E-state index in [9.17, 15) is 4.79 Å². The largest absolute Gasteiger partial charge is 0.496 e. The Labute approximate surface area is 142 Å². The highest BCUT2D eigenvalue weighted by Gasteiger charge is 2.12. The van der Waals surface area contributed by atoms with E-state index < -0.39 is 0 Å². The lowest BCUT2D eigenvalue weighted by Crippen LogP contribution is -2.11. The maximum atomic E-state index is 12.2. The van der Waals surface area contributed by atoms with Crippen molar-refractivity contribution in [2.75, 3.05) is 12.4 Å². The molecule has 3 rings (SSSR count). The molecule has 0 aliphatic rings. The van der Waals surface area contributed by atoms with Crippen molar-refractivity contribution in [3.63, 3.8) is 0 Å². The Morgan fingerprint density at radius 1 is 1.22 bits per heavy atom. The van der Waals surface area contributed by atoms with Crippen LogP contribution in [0.2, 0.25) is 5.02 Å². The lowest BCUT2D eigenvalue weighted by molar-refractivity contribution is 0.102. The van der Waals surface area contributed by atoms with Crippen LogP contribution in [0.3, 0.4) is 0 Å². The Kier molecular flexibility index (Phi) is 4.60. The maximum Gasteiger partial charge on any atom is 0.257 e. The number of hydrogen-bond donors (Lipinski definition) is 1. The molecule has 0 saturated carbocycles. The van der Waals surface area contributed by atoms with Crippen LogP contribution in [-0.4, -0.2) is 18.0 Å². The van der Waals surface area contributed by atoms with Crippen molar-refractivity contribution in [1.82, 2.24) is 4.98 Å². The van der Waals surface area contributed by atoms with Gasteiger partial charge in [0.1, 0.15) is 5.75 Å². The molecule has 0 atom stereocenters. The highest BCUT2D eigenvalue weighted by atomic mass is 35.5. The molecular weight excluding hydrogens is 332 g/mol. The van der Waals surface area contributed by atoms with Crippen molar-refractivity contribution in [1.29, 1.82) is 0 Å². The molecule has 1 N–H and O–H groups in total. The number of nitrogens with one attached hydrogen (secondary N) is 1. The molecule has 0 aliphatic carbocycles. The Bertz CT molecular complexity index is 848. The van der Waals surface area contributed by atoms with Gasteiger partial charge in [0, 0.05) is 21.5 Å². The summed E-state index contributed by atoms with van der Waals surface area (Å²) < 4.78 is 5.34. The molecule has 0 spiro atoms. The fraction of sp³-hybridized carbons (Fsp3) is 0.0588. The number of ether oxygens (including phenoxy) is 1. The minimum absolute atomic E-state index is 0.242. The molecule has 0 radical (unpaired) electrons. The number of amides is 1. The third-order valence-corrected chi connectivity index (χ3v) is 4.19. The molecule has 0 unspecified atom stereocenters. The lowest BCUT2D eigenvalue weighted by Gasteiger charge is -2.05. The zero-order chi connectivity index (χ0) is 16.2. The van der Waals surface area contributed by atoms with E-state index in [1.54, 1.807) is 31.4 Å². The van der Waals surface area contributed by atoms with Gasteiger partial charge in [0.05, 0.1) is 12.8 Å². The second kappa shape index (κ2) is 6.81. The smallest absolute Gasteiger partial charge is 0.257 e. The molecule has 2 aromatic carbocycles. The Morgan fingerprint density at radius 2 is 2.04 bits per heavy atom. The van der Waals surface area contributed by atoms with Gasteiger partial charge in [0.2, 0.25) is 0 Å². The number of aromatic nitrogens is 1. The number of benzene rings is 2. The van der Waals surface area contributed by atoms with Gasteiger partial charge < -0.3 is 4.74 Å². The number of rotatable bonds is 4. The molecule has 0 aliphatic heterocycles. The fourth-order valence-corrected chi connectivity index (χ4v) is 3.01. The minimum atomic E-state index is -0.242. The van der Waals surface area contributed by atoms with Gasteiger partial charge in [-0.05, 0) is 30.3 Å². The monoisotopic (exact) mass is 344 g/mol. The van der Waals surface area contributed by atoms with Crippen LogP contribution in [0.15, 0.2) is 53.9 Å². The molecule has 116 valence electrons. The Balaban J connectivity index is 1.81. The van der Waals surface area contributed by atoms with Crippen molar-refractivity contribution in [3.05, 3.63) is 64.5 Å². The summed E-state index contributed by atoms with van der Waals surface area (Å²) in [5, 5.41) is 5.71. The minimum Gasteiger partial charge on any atom is -0.496 e. The number of nitrogens with zero attached hydrogens (tertiary/aromatic N) is 1. The highest BCUT2D eigenvalue weighted by molar-refractivity contribution is 7.14. The molecule has 1 heterocycles. The van der Waals surface area contributed by atoms with E-state index in [0.717, 1.165) is 17.0 Å².